The fraction of sp³-hybridized carbons (Fsp3) is 0.100. The molecule has 3 aromatic rings. The number of hydrogen-bond acceptors (Lipinski definition) is 4. The number of imidazole rings is 1. The highest BCUT2D eigenvalue weighted by Crippen LogP contribution is 2.23. The second kappa shape index (κ2) is 3.84. The highest BCUT2D eigenvalue weighted by molar-refractivity contribution is 7.14. The second-order valence-corrected chi connectivity index (χ2v) is 4.57. The Balaban J connectivity index is 2.11. The van der Waals surface area contributed by atoms with Crippen LogP contribution in [0.3, 0.4) is 0 Å². The molecule has 0 aliphatic rings. The zero-order chi connectivity index (χ0) is 11.0. The smallest absolute Gasteiger partial charge is 0.183 e. The number of nitrogens with zero attached hydrogens (tertiary/aromatic N) is 3. The summed E-state index contributed by atoms with van der Waals surface area (Å²) in [7, 11) is 0. The molecule has 0 aliphatic heterocycles. The van der Waals surface area contributed by atoms with Crippen molar-refractivity contribution in [3.05, 3.63) is 29.3 Å². The topological polar surface area (TPSA) is 54.5 Å². The molecule has 0 bridgehead atoms. The summed E-state index contributed by atoms with van der Waals surface area (Å²) in [6.45, 7) is 0. The van der Waals surface area contributed by atoms with Crippen molar-refractivity contribution in [1.29, 1.82) is 0 Å². The normalized spacial score (nSPS) is 11.1. The lowest BCUT2D eigenvalue weighted by Crippen LogP contribution is -1.78. The third-order valence-corrected chi connectivity index (χ3v) is 3.51. The summed E-state index contributed by atoms with van der Waals surface area (Å²) in [6, 6.07) is 7.86. The Bertz CT molecular complexity index is 597. The van der Waals surface area contributed by atoms with Crippen molar-refractivity contribution in [2.24, 2.45) is 0 Å². The van der Waals surface area contributed by atoms with Gasteiger partial charge < -0.3 is 4.98 Å². The zero-order valence-corrected chi connectivity index (χ0v) is 9.72. The van der Waals surface area contributed by atoms with Crippen LogP contribution in [-0.4, -0.2) is 20.2 Å². The van der Waals surface area contributed by atoms with Crippen LogP contribution in [0.25, 0.3) is 21.9 Å². The molecule has 2 heterocycles. The maximum atomic E-state index is 5.68. The minimum Gasteiger partial charge on any atom is -0.336 e. The summed E-state index contributed by atoms with van der Waals surface area (Å²) in [6.07, 6.45) is 0. The molecule has 1 N–H and O–H groups in total. The van der Waals surface area contributed by atoms with Crippen LogP contribution in [-0.2, 0) is 5.88 Å². The van der Waals surface area contributed by atoms with Crippen molar-refractivity contribution >= 4 is 34.0 Å². The molecule has 3 rings (SSSR count). The van der Waals surface area contributed by atoms with E-state index in [0.717, 1.165) is 26.9 Å². The number of aromatic nitrogens is 4. The highest BCUT2D eigenvalue weighted by Gasteiger charge is 2.10. The molecule has 6 heteroatoms. The molecule has 0 unspecified atom stereocenters. The van der Waals surface area contributed by atoms with Gasteiger partial charge in [-0.1, -0.05) is 23.5 Å². The molecule has 1 aromatic carbocycles. The Hall–Kier alpha value is -1.46. The van der Waals surface area contributed by atoms with Crippen molar-refractivity contribution in [3.63, 3.8) is 0 Å². The summed E-state index contributed by atoms with van der Waals surface area (Å²) in [5, 5.41) is 9.57. The number of aromatic amines is 1. The van der Waals surface area contributed by atoms with Crippen molar-refractivity contribution in [1.82, 2.24) is 20.2 Å². The van der Waals surface area contributed by atoms with Crippen molar-refractivity contribution in [2.75, 3.05) is 0 Å². The van der Waals surface area contributed by atoms with Gasteiger partial charge in [-0.3, -0.25) is 0 Å². The maximum Gasteiger partial charge on any atom is 0.183 e. The minimum atomic E-state index is 0.387. The average molecular weight is 251 g/mol. The van der Waals surface area contributed by atoms with Gasteiger partial charge in [0.15, 0.2) is 10.8 Å². The van der Waals surface area contributed by atoms with Crippen LogP contribution in [0, 0.1) is 0 Å². The lowest BCUT2D eigenvalue weighted by molar-refractivity contribution is 1.03. The minimum absolute atomic E-state index is 0.387. The van der Waals surface area contributed by atoms with Crippen LogP contribution in [0.2, 0.25) is 0 Å². The number of hydrogen-bond donors (Lipinski definition) is 1. The quantitative estimate of drug-likeness (QED) is 0.712. The number of alkyl halides is 1. The van der Waals surface area contributed by atoms with Crippen LogP contribution in [0.1, 0.15) is 5.01 Å². The monoisotopic (exact) mass is 250 g/mol. The van der Waals surface area contributed by atoms with Crippen LogP contribution < -0.4 is 0 Å². The number of benzene rings is 1. The lowest BCUT2D eigenvalue weighted by atomic mass is 10.3. The SMILES string of the molecule is ClCc1nnc(-c2nc3ccccc3[nH]2)s1. The van der Waals surface area contributed by atoms with E-state index in [4.69, 9.17) is 11.6 Å². The van der Waals surface area contributed by atoms with Crippen LogP contribution in [0.5, 0.6) is 0 Å². The van der Waals surface area contributed by atoms with Crippen LogP contribution in [0.4, 0.5) is 0 Å². The predicted molar refractivity (Wildman–Crippen MR) is 64.6 cm³/mol. The number of para-hydroxylation sites is 2. The van der Waals surface area contributed by atoms with E-state index in [2.05, 4.69) is 20.2 Å². The number of nitrogens with one attached hydrogen (secondary N) is 1. The molecule has 80 valence electrons. The first-order chi connectivity index (χ1) is 7.86. The van der Waals surface area contributed by atoms with Gasteiger partial charge in [0.25, 0.3) is 0 Å². The van der Waals surface area contributed by atoms with Gasteiger partial charge in [-0.15, -0.1) is 21.8 Å². The Morgan fingerprint density at radius 1 is 1.25 bits per heavy atom. The highest BCUT2D eigenvalue weighted by atomic mass is 35.5. The molecule has 0 aliphatic carbocycles. The maximum absolute atomic E-state index is 5.68. The molecule has 0 spiro atoms. The summed E-state index contributed by atoms with van der Waals surface area (Å²) < 4.78 is 0. The Kier molecular flexibility index (Phi) is 2.34. The molecular formula is C10H7ClN4S. The van der Waals surface area contributed by atoms with Gasteiger partial charge in [-0.05, 0) is 12.1 Å². The van der Waals surface area contributed by atoms with Gasteiger partial charge in [-0.2, -0.15) is 0 Å². The van der Waals surface area contributed by atoms with E-state index in [0.29, 0.717) is 5.88 Å². The number of rotatable bonds is 2. The molecule has 0 amide bonds. The molecular weight excluding hydrogens is 244 g/mol. The Morgan fingerprint density at radius 3 is 2.88 bits per heavy atom. The first-order valence-electron chi connectivity index (χ1n) is 4.70. The third-order valence-electron chi connectivity index (χ3n) is 2.17. The summed E-state index contributed by atoms with van der Waals surface area (Å²) in [5.74, 6) is 1.13. The molecule has 0 saturated heterocycles. The van der Waals surface area contributed by atoms with Gasteiger partial charge in [-0.25, -0.2) is 4.98 Å². The van der Waals surface area contributed by atoms with E-state index in [1.165, 1.54) is 11.3 Å². The molecule has 4 nitrogen and oxygen atoms in total. The molecule has 16 heavy (non-hydrogen) atoms. The van der Waals surface area contributed by atoms with Crippen molar-refractivity contribution in [2.45, 2.75) is 5.88 Å². The fourth-order valence-electron chi connectivity index (χ4n) is 1.46. The van der Waals surface area contributed by atoms with Gasteiger partial charge in [0.2, 0.25) is 0 Å². The first kappa shape index (κ1) is 9.74. The molecule has 0 fully saturated rings. The number of H-pyrrole nitrogens is 1. The van der Waals surface area contributed by atoms with Gasteiger partial charge in [0.1, 0.15) is 5.01 Å². The van der Waals surface area contributed by atoms with Gasteiger partial charge in [0.05, 0.1) is 16.9 Å². The lowest BCUT2D eigenvalue weighted by Gasteiger charge is -1.83. The van der Waals surface area contributed by atoms with Crippen molar-refractivity contribution < 1.29 is 0 Å². The van der Waals surface area contributed by atoms with E-state index in [1.807, 2.05) is 24.3 Å². The fourth-order valence-corrected chi connectivity index (χ4v) is 2.31. The molecule has 2 aromatic heterocycles. The Morgan fingerprint density at radius 2 is 2.12 bits per heavy atom. The van der Waals surface area contributed by atoms with Gasteiger partial charge >= 0.3 is 0 Å². The van der Waals surface area contributed by atoms with Crippen molar-refractivity contribution in [3.8, 4) is 10.8 Å². The van der Waals surface area contributed by atoms with E-state index in [1.54, 1.807) is 0 Å². The molecule has 0 saturated carbocycles. The average Bonchev–Trinajstić information content (AvgIpc) is 2.95. The third kappa shape index (κ3) is 1.58. The van der Waals surface area contributed by atoms with E-state index >= 15 is 0 Å². The van der Waals surface area contributed by atoms with E-state index in [9.17, 15) is 0 Å². The second-order valence-electron chi connectivity index (χ2n) is 3.24. The Labute approximate surface area is 100 Å². The largest absolute Gasteiger partial charge is 0.336 e. The summed E-state index contributed by atoms with van der Waals surface area (Å²) >= 11 is 7.14. The van der Waals surface area contributed by atoms with Gasteiger partial charge in [0, 0.05) is 0 Å². The van der Waals surface area contributed by atoms with E-state index in [-0.39, 0.29) is 0 Å². The predicted octanol–water partition coefficient (Wildman–Crippen LogP) is 2.82. The molecule has 0 radical (unpaired) electrons. The molecule has 0 atom stereocenters. The number of fused-ring (bicyclic) bond motifs is 1. The first-order valence-corrected chi connectivity index (χ1v) is 6.05. The standard InChI is InChI=1S/C10H7ClN4S/c11-5-8-14-15-10(16-8)9-12-6-3-1-2-4-7(6)13-9/h1-4H,5H2,(H,12,13). The van der Waals surface area contributed by atoms with Crippen LogP contribution in [0.15, 0.2) is 24.3 Å². The van der Waals surface area contributed by atoms with Crippen LogP contribution >= 0.6 is 22.9 Å². The summed E-state index contributed by atoms with van der Waals surface area (Å²) in [5.41, 5.74) is 1.93. The van der Waals surface area contributed by atoms with E-state index < -0.39 is 0 Å². The summed E-state index contributed by atoms with van der Waals surface area (Å²) in [4.78, 5) is 7.64. The number of halogens is 1. The zero-order valence-electron chi connectivity index (χ0n) is 8.14.